The topological polar surface area (TPSA) is 84.2 Å². The zero-order chi connectivity index (χ0) is 12.7. The minimum atomic E-state index is -0.0919. The molecule has 1 aromatic heterocycles. The zero-order valence-corrected chi connectivity index (χ0v) is 10.5. The molecule has 1 saturated heterocycles. The van der Waals surface area contributed by atoms with Gasteiger partial charge in [0.1, 0.15) is 0 Å². The van der Waals surface area contributed by atoms with Gasteiger partial charge < -0.3 is 15.4 Å². The molecule has 1 aliphatic carbocycles. The number of morpholine rings is 1. The maximum atomic E-state index is 12.3. The molecule has 6 nitrogen and oxygen atoms in total. The molecule has 1 aromatic rings. The molecule has 2 heterocycles. The minimum absolute atomic E-state index is 0.0748. The van der Waals surface area contributed by atoms with E-state index in [0.29, 0.717) is 37.0 Å². The van der Waals surface area contributed by atoms with Crippen molar-refractivity contribution < 1.29 is 9.53 Å². The number of amides is 1. The normalized spacial score (nSPS) is 24.3. The first-order valence-electron chi connectivity index (χ1n) is 6.41. The van der Waals surface area contributed by atoms with Gasteiger partial charge in [0.15, 0.2) is 5.69 Å². The van der Waals surface area contributed by atoms with Crippen molar-refractivity contribution in [2.75, 3.05) is 25.4 Å². The molecule has 1 amide bonds. The number of nitrogens with two attached hydrogens (primary N) is 1. The summed E-state index contributed by atoms with van der Waals surface area (Å²) >= 11 is 0. The highest BCUT2D eigenvalue weighted by Crippen LogP contribution is 2.42. The third kappa shape index (κ3) is 1.96. The average molecular weight is 250 g/mol. The Morgan fingerprint density at radius 1 is 1.56 bits per heavy atom. The van der Waals surface area contributed by atoms with Gasteiger partial charge in [0.2, 0.25) is 0 Å². The summed E-state index contributed by atoms with van der Waals surface area (Å²) in [5.74, 6) is 0.383. The van der Waals surface area contributed by atoms with Gasteiger partial charge >= 0.3 is 0 Å². The maximum absolute atomic E-state index is 12.3. The van der Waals surface area contributed by atoms with Crippen molar-refractivity contribution in [1.29, 1.82) is 0 Å². The van der Waals surface area contributed by atoms with E-state index in [1.807, 2.05) is 6.92 Å². The lowest BCUT2D eigenvalue weighted by Gasteiger charge is -2.30. The molecule has 2 fully saturated rings. The summed E-state index contributed by atoms with van der Waals surface area (Å²) in [7, 11) is 0. The standard InChI is InChI=1S/C12H18N4O2/c1-7-6-16(4-5-18-7)12(17)11-9(13)10(14-15-11)8-2-3-8/h7-8H,2-6,13H2,1H3,(H,14,15). The van der Waals surface area contributed by atoms with Gasteiger partial charge in [-0.1, -0.05) is 0 Å². The van der Waals surface area contributed by atoms with Crippen LogP contribution in [0.25, 0.3) is 0 Å². The third-order valence-corrected chi connectivity index (χ3v) is 3.55. The second kappa shape index (κ2) is 4.28. The number of ether oxygens (including phenoxy) is 1. The Bertz CT molecular complexity index is 467. The van der Waals surface area contributed by atoms with Crippen molar-refractivity contribution >= 4 is 11.6 Å². The van der Waals surface area contributed by atoms with Gasteiger partial charge in [0.25, 0.3) is 5.91 Å². The number of hydrogen-bond donors (Lipinski definition) is 2. The van der Waals surface area contributed by atoms with Gasteiger partial charge in [-0.05, 0) is 19.8 Å². The average Bonchev–Trinajstić information content (AvgIpc) is 3.12. The monoisotopic (exact) mass is 250 g/mol. The number of carbonyl (C=O) groups excluding carboxylic acids is 1. The van der Waals surface area contributed by atoms with E-state index >= 15 is 0 Å². The van der Waals surface area contributed by atoms with Crippen LogP contribution in [0.4, 0.5) is 5.69 Å². The molecule has 6 heteroatoms. The van der Waals surface area contributed by atoms with Crippen LogP contribution >= 0.6 is 0 Å². The number of rotatable bonds is 2. The molecule has 1 unspecified atom stereocenters. The molecule has 98 valence electrons. The molecule has 0 radical (unpaired) electrons. The molecule has 18 heavy (non-hydrogen) atoms. The van der Waals surface area contributed by atoms with E-state index in [4.69, 9.17) is 10.5 Å². The van der Waals surface area contributed by atoms with Crippen molar-refractivity contribution in [3.05, 3.63) is 11.4 Å². The number of nitrogens with one attached hydrogen (secondary N) is 1. The fraction of sp³-hybridized carbons (Fsp3) is 0.667. The molecular weight excluding hydrogens is 232 g/mol. The number of H-pyrrole nitrogens is 1. The van der Waals surface area contributed by atoms with Crippen LogP contribution in [-0.2, 0) is 4.74 Å². The van der Waals surface area contributed by atoms with E-state index in [9.17, 15) is 4.79 Å². The van der Waals surface area contributed by atoms with Crippen LogP contribution < -0.4 is 5.73 Å². The molecule has 2 aliphatic rings. The molecule has 0 spiro atoms. The summed E-state index contributed by atoms with van der Waals surface area (Å²) in [6, 6.07) is 0. The highest BCUT2D eigenvalue weighted by molar-refractivity contribution is 5.97. The second-order valence-electron chi connectivity index (χ2n) is 5.11. The zero-order valence-electron chi connectivity index (χ0n) is 10.5. The molecule has 1 saturated carbocycles. The molecule has 0 aromatic carbocycles. The summed E-state index contributed by atoms with van der Waals surface area (Å²) < 4.78 is 5.42. The third-order valence-electron chi connectivity index (χ3n) is 3.55. The van der Waals surface area contributed by atoms with Gasteiger partial charge in [-0.3, -0.25) is 9.89 Å². The lowest BCUT2D eigenvalue weighted by atomic mass is 10.2. The lowest BCUT2D eigenvalue weighted by Crippen LogP contribution is -2.44. The van der Waals surface area contributed by atoms with E-state index in [1.54, 1.807) is 4.90 Å². The van der Waals surface area contributed by atoms with Crippen LogP contribution in [0.1, 0.15) is 41.9 Å². The Morgan fingerprint density at radius 2 is 2.33 bits per heavy atom. The van der Waals surface area contributed by atoms with Gasteiger partial charge in [-0.25, -0.2) is 0 Å². The number of carbonyl (C=O) groups is 1. The van der Waals surface area contributed by atoms with Gasteiger partial charge in [-0.2, -0.15) is 5.10 Å². The first kappa shape index (κ1) is 11.5. The fourth-order valence-corrected chi connectivity index (χ4v) is 2.36. The van der Waals surface area contributed by atoms with Crippen molar-refractivity contribution in [3.63, 3.8) is 0 Å². The Morgan fingerprint density at radius 3 is 3.00 bits per heavy atom. The predicted molar refractivity (Wildman–Crippen MR) is 66.3 cm³/mol. The number of nitrogens with zero attached hydrogens (tertiary/aromatic N) is 2. The lowest BCUT2D eigenvalue weighted by molar-refractivity contribution is -0.0126. The summed E-state index contributed by atoms with van der Waals surface area (Å²) in [5, 5.41) is 7.01. The van der Waals surface area contributed by atoms with Crippen LogP contribution in [-0.4, -0.2) is 46.8 Å². The van der Waals surface area contributed by atoms with Crippen LogP contribution in [0.3, 0.4) is 0 Å². The van der Waals surface area contributed by atoms with Crippen molar-refractivity contribution in [2.45, 2.75) is 31.8 Å². The first-order chi connectivity index (χ1) is 8.66. The predicted octanol–water partition coefficient (Wildman–Crippen LogP) is 0.730. The van der Waals surface area contributed by atoms with Crippen LogP contribution in [0, 0.1) is 0 Å². The summed E-state index contributed by atoms with van der Waals surface area (Å²) in [5.41, 5.74) is 7.84. The Labute approximate surface area is 105 Å². The van der Waals surface area contributed by atoms with Crippen LogP contribution in [0.2, 0.25) is 0 Å². The SMILES string of the molecule is CC1CN(C(=O)c2n[nH]c(C3CC3)c2N)CCO1. The quantitative estimate of drug-likeness (QED) is 0.810. The highest BCUT2D eigenvalue weighted by Gasteiger charge is 2.32. The molecule has 3 N–H and O–H groups in total. The highest BCUT2D eigenvalue weighted by atomic mass is 16.5. The number of anilines is 1. The van der Waals surface area contributed by atoms with Gasteiger partial charge in [-0.15, -0.1) is 0 Å². The van der Waals surface area contributed by atoms with Gasteiger partial charge in [0.05, 0.1) is 24.1 Å². The Balaban J connectivity index is 1.79. The smallest absolute Gasteiger partial charge is 0.276 e. The Hall–Kier alpha value is -1.56. The summed E-state index contributed by atoms with van der Waals surface area (Å²) in [4.78, 5) is 14.1. The molecule has 1 aliphatic heterocycles. The van der Waals surface area contributed by atoms with E-state index in [0.717, 1.165) is 18.5 Å². The number of aromatic nitrogens is 2. The first-order valence-corrected chi connectivity index (χ1v) is 6.41. The van der Waals surface area contributed by atoms with Crippen molar-refractivity contribution in [1.82, 2.24) is 15.1 Å². The summed E-state index contributed by atoms with van der Waals surface area (Å²) in [6.45, 7) is 3.74. The largest absolute Gasteiger partial charge is 0.395 e. The van der Waals surface area contributed by atoms with Crippen LogP contribution in [0.15, 0.2) is 0 Å². The number of hydrogen-bond acceptors (Lipinski definition) is 4. The minimum Gasteiger partial charge on any atom is -0.395 e. The Kier molecular flexibility index (Phi) is 2.74. The molecular formula is C12H18N4O2. The molecule has 0 bridgehead atoms. The second-order valence-corrected chi connectivity index (χ2v) is 5.11. The number of nitrogen functional groups attached to an aromatic ring is 1. The number of aromatic amines is 1. The van der Waals surface area contributed by atoms with Crippen LogP contribution in [0.5, 0.6) is 0 Å². The van der Waals surface area contributed by atoms with E-state index in [2.05, 4.69) is 10.2 Å². The van der Waals surface area contributed by atoms with Gasteiger partial charge in [0, 0.05) is 19.0 Å². The van der Waals surface area contributed by atoms with E-state index in [-0.39, 0.29) is 12.0 Å². The van der Waals surface area contributed by atoms with Crippen molar-refractivity contribution in [3.8, 4) is 0 Å². The van der Waals surface area contributed by atoms with Crippen molar-refractivity contribution in [2.24, 2.45) is 0 Å². The van der Waals surface area contributed by atoms with E-state index < -0.39 is 0 Å². The maximum Gasteiger partial charge on any atom is 0.276 e. The van der Waals surface area contributed by atoms with E-state index in [1.165, 1.54) is 0 Å². The fourth-order valence-electron chi connectivity index (χ4n) is 2.36. The molecule has 1 atom stereocenters. The summed E-state index contributed by atoms with van der Waals surface area (Å²) in [6.07, 6.45) is 2.34. The molecule has 3 rings (SSSR count).